The number of rotatable bonds is 10. The van der Waals surface area contributed by atoms with E-state index in [9.17, 15) is 4.39 Å². The van der Waals surface area contributed by atoms with E-state index in [1.54, 1.807) is 0 Å². The van der Waals surface area contributed by atoms with E-state index in [4.69, 9.17) is 0 Å². The lowest BCUT2D eigenvalue weighted by molar-refractivity contribution is 0.243. The van der Waals surface area contributed by atoms with Crippen LogP contribution in [0, 0.1) is 0 Å². The Balaban J connectivity index is 3.30. The van der Waals surface area contributed by atoms with Crippen LogP contribution in [0.1, 0.15) is 39.0 Å². The highest BCUT2D eigenvalue weighted by Gasteiger charge is 2.02. The maximum atomic E-state index is 12.1. The second-order valence-corrected chi connectivity index (χ2v) is 4.43. The maximum Gasteiger partial charge on any atom is 0.102 e. The number of hydrogen-bond donors (Lipinski definition) is 0. The molecule has 0 amide bonds. The Morgan fingerprint density at radius 2 is 1.71 bits per heavy atom. The highest BCUT2D eigenvalue weighted by Crippen LogP contribution is 2.04. The molecule has 0 saturated carbocycles. The first-order chi connectivity index (χ1) is 6.85. The Labute approximate surface area is 96.2 Å². The van der Waals surface area contributed by atoms with Gasteiger partial charge in [-0.2, -0.15) is 0 Å². The van der Waals surface area contributed by atoms with Crippen molar-refractivity contribution in [2.45, 2.75) is 39.0 Å². The maximum absolute atomic E-state index is 12.1. The van der Waals surface area contributed by atoms with Gasteiger partial charge < -0.3 is 4.90 Å². The first-order valence-electron chi connectivity index (χ1n) is 5.69. The summed E-state index contributed by atoms with van der Waals surface area (Å²) in [5.41, 5.74) is 0. The fraction of sp³-hybridized carbons (Fsp3) is 1.00. The molecule has 0 radical (unpaired) electrons. The summed E-state index contributed by atoms with van der Waals surface area (Å²) in [6.45, 7) is 4.67. The Morgan fingerprint density at radius 1 is 1.00 bits per heavy atom. The number of unbranched alkanes of at least 4 members (excludes halogenated alkanes) is 3. The molecule has 3 heteroatoms. The summed E-state index contributed by atoms with van der Waals surface area (Å²) in [5.74, 6) is 0. The molecule has 0 aromatic heterocycles. The molecule has 86 valence electrons. The molecule has 0 aliphatic carbocycles. The minimum absolute atomic E-state index is 0.207. The van der Waals surface area contributed by atoms with Gasteiger partial charge >= 0.3 is 0 Å². The van der Waals surface area contributed by atoms with Crippen molar-refractivity contribution in [3.63, 3.8) is 0 Å². The molecule has 0 heterocycles. The summed E-state index contributed by atoms with van der Waals surface area (Å²) in [6, 6.07) is 0. The van der Waals surface area contributed by atoms with Gasteiger partial charge in [-0.05, 0) is 32.4 Å². The molecule has 0 aromatic carbocycles. The lowest BCUT2D eigenvalue weighted by Crippen LogP contribution is -2.27. The number of nitrogens with zero attached hydrogens (tertiary/aromatic N) is 1. The van der Waals surface area contributed by atoms with Crippen molar-refractivity contribution in [2.75, 3.05) is 31.6 Å². The van der Waals surface area contributed by atoms with Crippen LogP contribution in [0.2, 0.25) is 0 Å². The van der Waals surface area contributed by atoms with Gasteiger partial charge in [0, 0.05) is 11.9 Å². The fourth-order valence-electron chi connectivity index (χ4n) is 1.55. The van der Waals surface area contributed by atoms with Crippen LogP contribution in [0.25, 0.3) is 0 Å². The zero-order valence-electron chi connectivity index (χ0n) is 9.27. The summed E-state index contributed by atoms with van der Waals surface area (Å²) in [4.78, 5) is 2.23. The van der Waals surface area contributed by atoms with Gasteiger partial charge in [0.2, 0.25) is 0 Å². The summed E-state index contributed by atoms with van der Waals surface area (Å²) < 4.78 is 12.1. The molecule has 0 aliphatic heterocycles. The molecule has 0 saturated heterocycles. The molecular formula is C11H23BrFN. The predicted octanol–water partition coefficient (Wildman–Crippen LogP) is 3.62. The Bertz CT molecular complexity index is 105. The van der Waals surface area contributed by atoms with Crippen LogP contribution < -0.4 is 0 Å². The minimum atomic E-state index is -0.207. The van der Waals surface area contributed by atoms with Gasteiger partial charge in [0.05, 0.1) is 0 Å². The first kappa shape index (κ1) is 14.4. The highest BCUT2D eigenvalue weighted by atomic mass is 79.9. The van der Waals surface area contributed by atoms with Crippen molar-refractivity contribution < 1.29 is 4.39 Å². The lowest BCUT2D eigenvalue weighted by Gasteiger charge is -2.19. The van der Waals surface area contributed by atoms with Crippen LogP contribution in [0.15, 0.2) is 0 Å². The van der Waals surface area contributed by atoms with Crippen LogP contribution in [0.5, 0.6) is 0 Å². The third-order valence-corrected chi connectivity index (χ3v) is 2.86. The smallest absolute Gasteiger partial charge is 0.102 e. The third kappa shape index (κ3) is 8.95. The van der Waals surface area contributed by atoms with Crippen molar-refractivity contribution in [3.8, 4) is 0 Å². The molecule has 0 bridgehead atoms. The SMILES string of the molecule is CCCN(CCF)CCCCCCBr. The molecule has 0 aromatic rings. The second-order valence-electron chi connectivity index (χ2n) is 3.63. The molecule has 0 atom stereocenters. The van der Waals surface area contributed by atoms with Crippen molar-refractivity contribution in [1.82, 2.24) is 4.90 Å². The summed E-state index contributed by atoms with van der Waals surface area (Å²) in [5, 5.41) is 1.11. The summed E-state index contributed by atoms with van der Waals surface area (Å²) in [7, 11) is 0. The monoisotopic (exact) mass is 267 g/mol. The van der Waals surface area contributed by atoms with Crippen molar-refractivity contribution in [2.24, 2.45) is 0 Å². The van der Waals surface area contributed by atoms with Gasteiger partial charge in [0.25, 0.3) is 0 Å². The van der Waals surface area contributed by atoms with Crippen molar-refractivity contribution in [3.05, 3.63) is 0 Å². The molecule has 0 aliphatic rings. The van der Waals surface area contributed by atoms with Crippen LogP contribution in [-0.2, 0) is 0 Å². The lowest BCUT2D eigenvalue weighted by atomic mass is 10.2. The Kier molecular flexibility index (Phi) is 11.7. The fourth-order valence-corrected chi connectivity index (χ4v) is 1.95. The van der Waals surface area contributed by atoms with Crippen LogP contribution in [0.4, 0.5) is 4.39 Å². The largest absolute Gasteiger partial charge is 0.301 e. The van der Waals surface area contributed by atoms with Gasteiger partial charge in [0.15, 0.2) is 0 Å². The Hall–Kier alpha value is 0.370. The van der Waals surface area contributed by atoms with Crippen LogP contribution >= 0.6 is 15.9 Å². The molecule has 0 N–H and O–H groups in total. The van der Waals surface area contributed by atoms with Crippen molar-refractivity contribution >= 4 is 15.9 Å². The number of halogens is 2. The van der Waals surface area contributed by atoms with E-state index in [-0.39, 0.29) is 6.67 Å². The summed E-state index contributed by atoms with van der Waals surface area (Å²) >= 11 is 3.42. The summed E-state index contributed by atoms with van der Waals surface area (Å²) in [6.07, 6.45) is 6.17. The zero-order chi connectivity index (χ0) is 10.6. The normalized spacial score (nSPS) is 11.1. The van der Waals surface area contributed by atoms with E-state index in [1.807, 2.05) is 0 Å². The second kappa shape index (κ2) is 11.4. The topological polar surface area (TPSA) is 3.24 Å². The number of hydrogen-bond acceptors (Lipinski definition) is 1. The van der Waals surface area contributed by atoms with Gasteiger partial charge in [-0.3, -0.25) is 0 Å². The highest BCUT2D eigenvalue weighted by molar-refractivity contribution is 9.09. The van der Waals surface area contributed by atoms with Gasteiger partial charge in [-0.1, -0.05) is 35.7 Å². The van der Waals surface area contributed by atoms with Gasteiger partial charge in [-0.25, -0.2) is 4.39 Å². The van der Waals surface area contributed by atoms with E-state index in [2.05, 4.69) is 27.8 Å². The van der Waals surface area contributed by atoms with Crippen LogP contribution in [-0.4, -0.2) is 36.5 Å². The van der Waals surface area contributed by atoms with E-state index in [0.29, 0.717) is 6.54 Å². The molecule has 0 unspecified atom stereocenters. The quantitative estimate of drug-likeness (QED) is 0.432. The van der Waals surface area contributed by atoms with Gasteiger partial charge in [-0.15, -0.1) is 0 Å². The van der Waals surface area contributed by atoms with Gasteiger partial charge in [0.1, 0.15) is 6.67 Å². The average Bonchev–Trinajstić information content (AvgIpc) is 2.18. The van der Waals surface area contributed by atoms with E-state index in [0.717, 1.165) is 24.8 Å². The predicted molar refractivity (Wildman–Crippen MR) is 65.0 cm³/mol. The molecule has 14 heavy (non-hydrogen) atoms. The van der Waals surface area contributed by atoms with E-state index < -0.39 is 0 Å². The standard InChI is InChI=1S/C11H23BrFN/c1-2-9-14(11-8-13)10-6-4-3-5-7-12/h2-11H2,1H3. The Morgan fingerprint density at radius 3 is 2.29 bits per heavy atom. The molecule has 1 nitrogen and oxygen atoms in total. The van der Waals surface area contributed by atoms with E-state index >= 15 is 0 Å². The number of alkyl halides is 2. The van der Waals surface area contributed by atoms with E-state index in [1.165, 1.54) is 25.7 Å². The first-order valence-corrected chi connectivity index (χ1v) is 6.81. The molecule has 0 rings (SSSR count). The van der Waals surface area contributed by atoms with Crippen LogP contribution in [0.3, 0.4) is 0 Å². The minimum Gasteiger partial charge on any atom is -0.301 e. The average molecular weight is 268 g/mol. The van der Waals surface area contributed by atoms with Crippen molar-refractivity contribution in [1.29, 1.82) is 0 Å². The molecular weight excluding hydrogens is 245 g/mol. The zero-order valence-corrected chi connectivity index (χ0v) is 10.9. The third-order valence-electron chi connectivity index (χ3n) is 2.30. The molecule has 0 spiro atoms. The molecule has 0 fully saturated rings.